The minimum atomic E-state index is 0.398. The summed E-state index contributed by atoms with van der Waals surface area (Å²) in [6, 6.07) is 2.39. The van der Waals surface area contributed by atoms with Crippen LogP contribution in [0.1, 0.15) is 24.6 Å². The Morgan fingerprint density at radius 2 is 2.07 bits per heavy atom. The highest BCUT2D eigenvalue weighted by atomic mass is 16.5. The van der Waals surface area contributed by atoms with Gasteiger partial charge >= 0.3 is 0 Å². The first-order valence-electron chi connectivity index (χ1n) is 9.59. The van der Waals surface area contributed by atoms with Gasteiger partial charge in [0.15, 0.2) is 0 Å². The Morgan fingerprint density at radius 1 is 1.22 bits per heavy atom. The van der Waals surface area contributed by atoms with Crippen LogP contribution in [0.15, 0.2) is 16.7 Å². The van der Waals surface area contributed by atoms with Crippen LogP contribution in [-0.2, 0) is 11.3 Å². The highest BCUT2D eigenvalue weighted by molar-refractivity contribution is 5.44. The van der Waals surface area contributed by atoms with Crippen molar-refractivity contribution in [1.29, 1.82) is 0 Å². The summed E-state index contributed by atoms with van der Waals surface area (Å²) in [5.41, 5.74) is 0. The Balaban J connectivity index is 1.41. The summed E-state index contributed by atoms with van der Waals surface area (Å²) >= 11 is 0. The van der Waals surface area contributed by atoms with Crippen LogP contribution in [0.2, 0.25) is 0 Å². The SMILES string of the molecule is Cc1nnc(CN2CCCC(N(C)c3ccnc(N4CCOCC4)n3)C2)o1. The van der Waals surface area contributed by atoms with Gasteiger partial charge < -0.3 is 19.0 Å². The van der Waals surface area contributed by atoms with Crippen LogP contribution in [0.5, 0.6) is 0 Å². The van der Waals surface area contributed by atoms with E-state index < -0.39 is 0 Å². The third-order valence-corrected chi connectivity index (χ3v) is 5.24. The summed E-state index contributed by atoms with van der Waals surface area (Å²) in [5.74, 6) is 3.06. The van der Waals surface area contributed by atoms with E-state index in [1.807, 2.05) is 19.2 Å². The molecule has 2 fully saturated rings. The molecule has 1 atom stereocenters. The number of nitrogens with zero attached hydrogens (tertiary/aromatic N) is 7. The molecular weight excluding hydrogens is 346 g/mol. The minimum Gasteiger partial charge on any atom is -0.424 e. The van der Waals surface area contributed by atoms with Crippen LogP contribution in [0.25, 0.3) is 0 Å². The monoisotopic (exact) mass is 373 g/mol. The average Bonchev–Trinajstić information content (AvgIpc) is 3.13. The van der Waals surface area contributed by atoms with Gasteiger partial charge in [-0.25, -0.2) is 4.98 Å². The van der Waals surface area contributed by atoms with Gasteiger partial charge in [0, 0.05) is 45.8 Å². The lowest BCUT2D eigenvalue weighted by Crippen LogP contribution is -2.46. The maximum absolute atomic E-state index is 5.54. The van der Waals surface area contributed by atoms with Crippen molar-refractivity contribution in [3.63, 3.8) is 0 Å². The number of hydrogen-bond donors (Lipinski definition) is 0. The lowest BCUT2D eigenvalue weighted by Gasteiger charge is -2.38. The Hall–Kier alpha value is -2.26. The van der Waals surface area contributed by atoms with Gasteiger partial charge in [-0.15, -0.1) is 10.2 Å². The highest BCUT2D eigenvalue weighted by Gasteiger charge is 2.26. The maximum Gasteiger partial charge on any atom is 0.230 e. The van der Waals surface area contributed by atoms with E-state index in [1.165, 1.54) is 0 Å². The molecule has 0 saturated carbocycles. The van der Waals surface area contributed by atoms with Gasteiger partial charge in [-0.1, -0.05) is 0 Å². The van der Waals surface area contributed by atoms with E-state index >= 15 is 0 Å². The van der Waals surface area contributed by atoms with E-state index in [0.29, 0.717) is 24.4 Å². The number of hydrogen-bond acceptors (Lipinski definition) is 9. The fourth-order valence-corrected chi connectivity index (χ4v) is 3.72. The smallest absolute Gasteiger partial charge is 0.230 e. The standard InChI is InChI=1S/C18H27N7O2/c1-14-21-22-17(27-14)13-24-7-3-4-15(12-24)23(2)16-5-6-19-18(20-16)25-8-10-26-11-9-25/h5-6,15H,3-4,7-13H2,1-2H3. The summed E-state index contributed by atoms with van der Waals surface area (Å²) in [5, 5.41) is 8.05. The fourth-order valence-electron chi connectivity index (χ4n) is 3.72. The molecule has 0 spiro atoms. The molecule has 0 radical (unpaired) electrons. The predicted octanol–water partition coefficient (Wildman–Crippen LogP) is 1.11. The summed E-state index contributed by atoms with van der Waals surface area (Å²) in [4.78, 5) is 16.1. The van der Waals surface area contributed by atoms with Crippen molar-refractivity contribution >= 4 is 11.8 Å². The van der Waals surface area contributed by atoms with Gasteiger partial charge in [0.25, 0.3) is 0 Å². The number of anilines is 2. The predicted molar refractivity (Wildman–Crippen MR) is 101 cm³/mol. The van der Waals surface area contributed by atoms with E-state index in [1.54, 1.807) is 0 Å². The zero-order chi connectivity index (χ0) is 18.6. The molecule has 0 aliphatic carbocycles. The van der Waals surface area contributed by atoms with Crippen LogP contribution >= 0.6 is 0 Å². The van der Waals surface area contributed by atoms with E-state index in [0.717, 1.165) is 64.0 Å². The molecule has 1 unspecified atom stereocenters. The van der Waals surface area contributed by atoms with E-state index in [-0.39, 0.29) is 0 Å². The number of rotatable bonds is 5. The van der Waals surface area contributed by atoms with Gasteiger partial charge in [0.1, 0.15) is 5.82 Å². The molecule has 27 heavy (non-hydrogen) atoms. The number of morpholine rings is 1. The molecule has 2 aromatic rings. The van der Waals surface area contributed by atoms with Crippen molar-refractivity contribution in [2.45, 2.75) is 32.4 Å². The number of piperidine rings is 1. The first-order chi connectivity index (χ1) is 13.2. The zero-order valence-corrected chi connectivity index (χ0v) is 16.0. The Bertz CT molecular complexity index is 747. The molecule has 4 rings (SSSR count). The highest BCUT2D eigenvalue weighted by Crippen LogP contribution is 2.22. The Kier molecular flexibility index (Phi) is 5.49. The molecule has 9 heteroatoms. The third-order valence-electron chi connectivity index (χ3n) is 5.24. The van der Waals surface area contributed by atoms with Gasteiger partial charge in [-0.05, 0) is 25.5 Å². The van der Waals surface area contributed by atoms with Crippen molar-refractivity contribution < 1.29 is 9.15 Å². The van der Waals surface area contributed by atoms with Gasteiger partial charge in [-0.3, -0.25) is 4.90 Å². The second-order valence-electron chi connectivity index (χ2n) is 7.17. The van der Waals surface area contributed by atoms with Crippen LogP contribution in [0, 0.1) is 6.92 Å². The lowest BCUT2D eigenvalue weighted by atomic mass is 10.0. The number of likely N-dealkylation sites (tertiary alicyclic amines) is 1. The number of likely N-dealkylation sites (N-methyl/N-ethyl adjacent to an activating group) is 1. The van der Waals surface area contributed by atoms with Crippen LogP contribution in [-0.4, -0.2) is 77.5 Å². The van der Waals surface area contributed by atoms with Gasteiger partial charge in [-0.2, -0.15) is 4.98 Å². The molecule has 4 heterocycles. The van der Waals surface area contributed by atoms with Crippen LogP contribution in [0.4, 0.5) is 11.8 Å². The summed E-state index contributed by atoms with van der Waals surface area (Å²) in [6.45, 7) is 7.68. The molecule has 2 saturated heterocycles. The van der Waals surface area contributed by atoms with E-state index in [2.05, 4.69) is 36.9 Å². The van der Waals surface area contributed by atoms with Crippen molar-refractivity contribution in [1.82, 2.24) is 25.1 Å². The Morgan fingerprint density at radius 3 is 2.85 bits per heavy atom. The third kappa shape index (κ3) is 4.36. The van der Waals surface area contributed by atoms with Crippen LogP contribution < -0.4 is 9.80 Å². The number of aryl methyl sites for hydroxylation is 1. The molecule has 2 aromatic heterocycles. The zero-order valence-electron chi connectivity index (χ0n) is 16.0. The van der Waals surface area contributed by atoms with Crippen molar-refractivity contribution in [3.8, 4) is 0 Å². The molecule has 2 aliphatic rings. The molecule has 9 nitrogen and oxygen atoms in total. The molecule has 146 valence electrons. The fraction of sp³-hybridized carbons (Fsp3) is 0.667. The second-order valence-corrected chi connectivity index (χ2v) is 7.17. The first kappa shape index (κ1) is 18.1. The molecule has 0 amide bonds. The van der Waals surface area contributed by atoms with Gasteiger partial charge in [0.2, 0.25) is 17.7 Å². The quantitative estimate of drug-likeness (QED) is 0.765. The van der Waals surface area contributed by atoms with Crippen molar-refractivity contribution in [3.05, 3.63) is 24.0 Å². The Labute approximate surface area is 159 Å². The summed E-state index contributed by atoms with van der Waals surface area (Å²) in [6.07, 6.45) is 4.14. The molecule has 0 bridgehead atoms. The molecule has 0 N–H and O–H groups in total. The lowest BCUT2D eigenvalue weighted by molar-refractivity contribution is 0.122. The summed E-state index contributed by atoms with van der Waals surface area (Å²) < 4.78 is 11.0. The topological polar surface area (TPSA) is 83.7 Å². The molecular formula is C18H27N7O2. The van der Waals surface area contributed by atoms with Crippen molar-refractivity contribution in [2.24, 2.45) is 0 Å². The summed E-state index contributed by atoms with van der Waals surface area (Å²) in [7, 11) is 2.12. The molecule has 0 aromatic carbocycles. The number of ether oxygens (including phenoxy) is 1. The average molecular weight is 373 g/mol. The normalized spacial score (nSPS) is 21.4. The van der Waals surface area contributed by atoms with E-state index in [4.69, 9.17) is 14.1 Å². The second kappa shape index (κ2) is 8.18. The van der Waals surface area contributed by atoms with Crippen molar-refractivity contribution in [2.75, 3.05) is 56.2 Å². The van der Waals surface area contributed by atoms with Crippen LogP contribution in [0.3, 0.4) is 0 Å². The van der Waals surface area contributed by atoms with Gasteiger partial charge in [0.05, 0.1) is 19.8 Å². The maximum atomic E-state index is 5.54. The minimum absolute atomic E-state index is 0.398. The largest absolute Gasteiger partial charge is 0.424 e. The number of aromatic nitrogens is 4. The van der Waals surface area contributed by atoms with E-state index in [9.17, 15) is 0 Å². The first-order valence-corrected chi connectivity index (χ1v) is 9.59. The molecule has 2 aliphatic heterocycles.